The summed E-state index contributed by atoms with van der Waals surface area (Å²) in [5.41, 5.74) is 3.98. The number of hydrazone groups is 1. The van der Waals surface area contributed by atoms with Crippen molar-refractivity contribution >= 4 is 29.5 Å². The van der Waals surface area contributed by atoms with Crippen molar-refractivity contribution in [3.05, 3.63) is 35.4 Å². The van der Waals surface area contributed by atoms with Crippen molar-refractivity contribution in [3.8, 4) is 0 Å². The molecule has 17 heavy (non-hydrogen) atoms. The Bertz CT molecular complexity index is 429. The molecule has 0 heterocycles. The monoisotopic (exact) mass is 251 g/mol. The minimum Gasteiger partial charge on any atom is -0.465 e. The van der Waals surface area contributed by atoms with Gasteiger partial charge in [0, 0.05) is 7.05 Å². The van der Waals surface area contributed by atoms with Gasteiger partial charge in [0.1, 0.15) is 0 Å². The largest absolute Gasteiger partial charge is 0.465 e. The zero-order chi connectivity index (χ0) is 12.7. The number of ether oxygens (including phenoxy) is 1. The molecule has 1 rings (SSSR count). The number of methoxy groups -OCH3 is 1. The van der Waals surface area contributed by atoms with Crippen molar-refractivity contribution in [2.24, 2.45) is 5.10 Å². The van der Waals surface area contributed by atoms with Crippen LogP contribution < -0.4 is 10.7 Å². The quantitative estimate of drug-likeness (QED) is 0.362. The van der Waals surface area contributed by atoms with Gasteiger partial charge in [-0.05, 0) is 29.9 Å². The zero-order valence-corrected chi connectivity index (χ0v) is 10.4. The van der Waals surface area contributed by atoms with Crippen molar-refractivity contribution < 1.29 is 9.53 Å². The smallest absolute Gasteiger partial charge is 0.337 e. The molecule has 1 aromatic rings. The van der Waals surface area contributed by atoms with Crippen LogP contribution in [0.3, 0.4) is 0 Å². The maximum Gasteiger partial charge on any atom is 0.337 e. The highest BCUT2D eigenvalue weighted by atomic mass is 32.1. The van der Waals surface area contributed by atoms with Gasteiger partial charge in [0.25, 0.3) is 0 Å². The summed E-state index contributed by atoms with van der Waals surface area (Å²) in [6, 6.07) is 6.87. The van der Waals surface area contributed by atoms with Gasteiger partial charge in [-0.2, -0.15) is 5.10 Å². The number of carbonyl (C=O) groups excluding carboxylic acids is 1. The van der Waals surface area contributed by atoms with E-state index in [2.05, 4.69) is 20.6 Å². The van der Waals surface area contributed by atoms with Crippen molar-refractivity contribution in [2.75, 3.05) is 14.2 Å². The molecule has 0 aliphatic carbocycles. The third-order valence-electron chi connectivity index (χ3n) is 1.94. The van der Waals surface area contributed by atoms with E-state index in [4.69, 9.17) is 12.2 Å². The molecule has 1 aromatic carbocycles. The fourth-order valence-electron chi connectivity index (χ4n) is 1.04. The van der Waals surface area contributed by atoms with Crippen LogP contribution in [0.4, 0.5) is 0 Å². The standard InChI is InChI=1S/C11H13N3O2S/c1-12-11(17)14-13-7-8-3-5-9(6-4-8)10(15)16-2/h3-7H,1-2H3,(H2,12,14,17)/b13-7+. The number of hydrogen-bond donors (Lipinski definition) is 2. The summed E-state index contributed by atoms with van der Waals surface area (Å²) >= 11 is 4.84. The van der Waals surface area contributed by atoms with E-state index in [1.807, 2.05) is 0 Å². The molecule has 0 bridgehead atoms. The third kappa shape index (κ3) is 4.20. The van der Waals surface area contributed by atoms with E-state index in [0.717, 1.165) is 5.56 Å². The van der Waals surface area contributed by atoms with E-state index in [9.17, 15) is 4.79 Å². The Morgan fingerprint density at radius 2 is 2.06 bits per heavy atom. The first-order valence-electron chi connectivity index (χ1n) is 4.86. The Kier molecular flexibility index (Phi) is 5.09. The van der Waals surface area contributed by atoms with Gasteiger partial charge in [-0.1, -0.05) is 12.1 Å². The highest BCUT2D eigenvalue weighted by Crippen LogP contribution is 2.03. The molecule has 0 radical (unpaired) electrons. The average Bonchev–Trinajstić information content (AvgIpc) is 2.38. The lowest BCUT2D eigenvalue weighted by molar-refractivity contribution is 0.0601. The van der Waals surface area contributed by atoms with E-state index in [1.54, 1.807) is 37.5 Å². The lowest BCUT2D eigenvalue weighted by Crippen LogP contribution is -2.28. The van der Waals surface area contributed by atoms with Gasteiger partial charge in [-0.3, -0.25) is 5.43 Å². The molecule has 0 aliphatic heterocycles. The highest BCUT2D eigenvalue weighted by molar-refractivity contribution is 7.80. The van der Waals surface area contributed by atoms with Crippen molar-refractivity contribution in [3.63, 3.8) is 0 Å². The summed E-state index contributed by atoms with van der Waals surface area (Å²) in [5, 5.41) is 7.08. The summed E-state index contributed by atoms with van der Waals surface area (Å²) < 4.78 is 4.59. The average molecular weight is 251 g/mol. The normalized spacial score (nSPS) is 10.0. The van der Waals surface area contributed by atoms with Crippen LogP contribution in [-0.4, -0.2) is 31.5 Å². The molecular formula is C11H13N3O2S. The summed E-state index contributed by atoms with van der Waals surface area (Å²) in [5.74, 6) is -0.358. The minimum absolute atomic E-state index is 0.358. The Labute approximate surface area is 105 Å². The molecule has 90 valence electrons. The van der Waals surface area contributed by atoms with Crippen LogP contribution >= 0.6 is 12.2 Å². The number of benzene rings is 1. The predicted molar refractivity (Wildman–Crippen MR) is 70.2 cm³/mol. The van der Waals surface area contributed by atoms with E-state index in [-0.39, 0.29) is 5.97 Å². The number of rotatable bonds is 3. The Balaban J connectivity index is 2.62. The Hall–Kier alpha value is -1.95. The first kappa shape index (κ1) is 13.1. The van der Waals surface area contributed by atoms with Crippen LogP contribution in [0, 0.1) is 0 Å². The number of nitrogens with zero attached hydrogens (tertiary/aromatic N) is 1. The van der Waals surface area contributed by atoms with Gasteiger partial charge >= 0.3 is 5.97 Å². The van der Waals surface area contributed by atoms with E-state index in [1.165, 1.54) is 7.11 Å². The molecule has 0 saturated heterocycles. The van der Waals surface area contributed by atoms with Crippen molar-refractivity contribution in [2.45, 2.75) is 0 Å². The number of carbonyl (C=O) groups is 1. The summed E-state index contributed by atoms with van der Waals surface area (Å²) in [6.45, 7) is 0. The van der Waals surface area contributed by atoms with E-state index < -0.39 is 0 Å². The summed E-state index contributed by atoms with van der Waals surface area (Å²) in [4.78, 5) is 11.2. The first-order valence-corrected chi connectivity index (χ1v) is 5.27. The van der Waals surface area contributed by atoms with E-state index >= 15 is 0 Å². The highest BCUT2D eigenvalue weighted by Gasteiger charge is 2.03. The molecule has 2 N–H and O–H groups in total. The van der Waals surface area contributed by atoms with Gasteiger partial charge in [0.15, 0.2) is 5.11 Å². The topological polar surface area (TPSA) is 62.7 Å². The van der Waals surface area contributed by atoms with Crippen LogP contribution in [0.1, 0.15) is 15.9 Å². The molecule has 0 unspecified atom stereocenters. The van der Waals surface area contributed by atoms with Gasteiger partial charge < -0.3 is 10.1 Å². The SMILES string of the molecule is CNC(=S)N/N=C/c1ccc(C(=O)OC)cc1. The second kappa shape index (κ2) is 6.59. The summed E-state index contributed by atoms with van der Waals surface area (Å²) in [7, 11) is 3.05. The molecule has 5 nitrogen and oxygen atoms in total. The zero-order valence-electron chi connectivity index (χ0n) is 9.56. The number of hydrogen-bond acceptors (Lipinski definition) is 4. The second-order valence-corrected chi connectivity index (χ2v) is 3.47. The van der Waals surface area contributed by atoms with Gasteiger partial charge in [-0.25, -0.2) is 4.79 Å². The van der Waals surface area contributed by atoms with Crippen molar-refractivity contribution in [1.82, 2.24) is 10.7 Å². The molecule has 0 aliphatic rings. The third-order valence-corrected chi connectivity index (χ3v) is 2.23. The molecule has 0 fully saturated rings. The van der Waals surface area contributed by atoms with Crippen molar-refractivity contribution in [1.29, 1.82) is 0 Å². The van der Waals surface area contributed by atoms with E-state index in [0.29, 0.717) is 10.7 Å². The summed E-state index contributed by atoms with van der Waals surface area (Å²) in [6.07, 6.45) is 1.60. The number of esters is 1. The Morgan fingerprint density at radius 1 is 1.41 bits per heavy atom. The molecule has 6 heteroatoms. The van der Waals surface area contributed by atoms with Crippen LogP contribution in [0.15, 0.2) is 29.4 Å². The second-order valence-electron chi connectivity index (χ2n) is 3.06. The van der Waals surface area contributed by atoms with Gasteiger partial charge in [0.2, 0.25) is 0 Å². The minimum atomic E-state index is -0.358. The molecular weight excluding hydrogens is 238 g/mol. The predicted octanol–water partition coefficient (Wildman–Crippen LogP) is 0.901. The Morgan fingerprint density at radius 3 is 2.59 bits per heavy atom. The first-order chi connectivity index (χ1) is 8.17. The molecule has 0 saturated carbocycles. The number of thiocarbonyl (C=S) groups is 1. The van der Waals surface area contributed by atoms with Crippen LogP contribution in [0.5, 0.6) is 0 Å². The lowest BCUT2D eigenvalue weighted by Gasteiger charge is -2.00. The molecule has 0 amide bonds. The number of nitrogens with one attached hydrogen (secondary N) is 2. The van der Waals surface area contributed by atoms with Crippen LogP contribution in [-0.2, 0) is 4.74 Å². The maximum absolute atomic E-state index is 11.2. The lowest BCUT2D eigenvalue weighted by atomic mass is 10.1. The fourth-order valence-corrected chi connectivity index (χ4v) is 1.10. The fraction of sp³-hybridized carbons (Fsp3) is 0.182. The van der Waals surface area contributed by atoms with Gasteiger partial charge in [-0.15, -0.1) is 0 Å². The van der Waals surface area contributed by atoms with Gasteiger partial charge in [0.05, 0.1) is 18.9 Å². The molecule has 0 atom stereocenters. The van der Waals surface area contributed by atoms with Crippen LogP contribution in [0.2, 0.25) is 0 Å². The maximum atomic E-state index is 11.2. The molecule has 0 aromatic heterocycles. The molecule has 0 spiro atoms. The van der Waals surface area contributed by atoms with Crippen LogP contribution in [0.25, 0.3) is 0 Å².